The quantitative estimate of drug-likeness (QED) is 0.440. The van der Waals surface area contributed by atoms with Crippen LogP contribution in [-0.4, -0.2) is 15.4 Å². The Morgan fingerprint density at radius 3 is 2.50 bits per heavy atom. The van der Waals surface area contributed by atoms with Gasteiger partial charge in [0.15, 0.2) is 0 Å². The number of hydrogen-bond donors (Lipinski definition) is 2. The van der Waals surface area contributed by atoms with Gasteiger partial charge in [-0.3, -0.25) is 9.20 Å². The lowest BCUT2D eigenvalue weighted by molar-refractivity contribution is 0.262. The second kappa shape index (κ2) is 9.11. The first-order chi connectivity index (χ1) is 15.4. The highest BCUT2D eigenvalue weighted by Gasteiger charge is 2.09. The summed E-state index contributed by atoms with van der Waals surface area (Å²) in [7, 11) is 0. The Balaban J connectivity index is 1.46. The van der Waals surface area contributed by atoms with E-state index in [-0.39, 0.29) is 18.2 Å². The molecule has 0 aliphatic heterocycles. The van der Waals surface area contributed by atoms with Gasteiger partial charge in [-0.2, -0.15) is 0 Å². The zero-order valence-electron chi connectivity index (χ0n) is 17.6. The molecule has 0 bridgehead atoms. The van der Waals surface area contributed by atoms with Crippen molar-refractivity contribution in [3.05, 3.63) is 99.1 Å². The standard InChI is InChI=1S/C24H21ClN4O3/c1-15-5-8-19(28-24(31)27-18-9-6-17(25)7-10-18)12-21(15)32-14-20-13-22(30)29-11-3-4-16(2)23(29)26-20/h3-13H,14H2,1-2H3,(H2,27,28,31). The number of rotatable bonds is 5. The van der Waals surface area contributed by atoms with Crippen LogP contribution in [0.1, 0.15) is 16.8 Å². The average molecular weight is 449 g/mol. The van der Waals surface area contributed by atoms with E-state index in [0.29, 0.717) is 33.5 Å². The van der Waals surface area contributed by atoms with E-state index in [1.165, 1.54) is 10.5 Å². The largest absolute Gasteiger partial charge is 0.487 e. The summed E-state index contributed by atoms with van der Waals surface area (Å²) in [6.45, 7) is 3.93. The van der Waals surface area contributed by atoms with E-state index in [2.05, 4.69) is 15.6 Å². The van der Waals surface area contributed by atoms with Crippen molar-refractivity contribution < 1.29 is 9.53 Å². The van der Waals surface area contributed by atoms with Gasteiger partial charge < -0.3 is 15.4 Å². The van der Waals surface area contributed by atoms with Crippen molar-refractivity contribution in [2.75, 3.05) is 10.6 Å². The van der Waals surface area contributed by atoms with Crippen molar-refractivity contribution in [2.24, 2.45) is 0 Å². The molecule has 0 atom stereocenters. The molecule has 0 fully saturated rings. The number of nitrogens with zero attached hydrogens (tertiary/aromatic N) is 2. The van der Waals surface area contributed by atoms with E-state index in [4.69, 9.17) is 16.3 Å². The minimum absolute atomic E-state index is 0.126. The molecule has 2 heterocycles. The van der Waals surface area contributed by atoms with Crippen molar-refractivity contribution in [3.63, 3.8) is 0 Å². The van der Waals surface area contributed by atoms with Crippen LogP contribution in [0, 0.1) is 13.8 Å². The summed E-state index contributed by atoms with van der Waals surface area (Å²) >= 11 is 5.86. The minimum atomic E-state index is -0.387. The molecular weight excluding hydrogens is 428 g/mol. The van der Waals surface area contributed by atoms with Crippen molar-refractivity contribution in [3.8, 4) is 5.75 Å². The molecule has 4 aromatic rings. The van der Waals surface area contributed by atoms with Gasteiger partial charge in [-0.05, 0) is 61.4 Å². The Kier molecular flexibility index (Phi) is 6.09. The molecule has 0 aliphatic rings. The van der Waals surface area contributed by atoms with Gasteiger partial charge >= 0.3 is 6.03 Å². The molecule has 0 spiro atoms. The van der Waals surface area contributed by atoms with E-state index >= 15 is 0 Å². The normalized spacial score (nSPS) is 10.7. The van der Waals surface area contributed by atoms with E-state index in [1.54, 1.807) is 42.6 Å². The number of fused-ring (bicyclic) bond motifs is 1. The molecule has 7 nitrogen and oxygen atoms in total. The molecule has 162 valence electrons. The number of carbonyl (C=O) groups excluding carboxylic acids is 1. The summed E-state index contributed by atoms with van der Waals surface area (Å²) in [5, 5.41) is 6.11. The zero-order valence-corrected chi connectivity index (χ0v) is 18.3. The van der Waals surface area contributed by atoms with Gasteiger partial charge in [0, 0.05) is 34.7 Å². The molecule has 0 saturated heterocycles. The van der Waals surface area contributed by atoms with Gasteiger partial charge in [0.25, 0.3) is 5.56 Å². The van der Waals surface area contributed by atoms with Crippen LogP contribution in [0.25, 0.3) is 5.65 Å². The number of hydrogen-bond acceptors (Lipinski definition) is 4. The summed E-state index contributed by atoms with van der Waals surface area (Å²) in [4.78, 5) is 29.2. The number of halogens is 1. The van der Waals surface area contributed by atoms with Crippen molar-refractivity contribution >= 4 is 34.7 Å². The van der Waals surface area contributed by atoms with Crippen LogP contribution in [0.15, 0.2) is 71.7 Å². The Morgan fingerprint density at radius 2 is 1.72 bits per heavy atom. The lowest BCUT2D eigenvalue weighted by atomic mass is 10.2. The molecule has 2 aromatic carbocycles. The molecule has 0 aliphatic carbocycles. The summed E-state index contributed by atoms with van der Waals surface area (Å²) in [5.41, 5.74) is 3.96. The number of urea groups is 1. The molecule has 2 aromatic heterocycles. The molecule has 2 amide bonds. The number of carbonyl (C=O) groups is 1. The highest BCUT2D eigenvalue weighted by Crippen LogP contribution is 2.24. The van der Waals surface area contributed by atoms with Crippen LogP contribution in [-0.2, 0) is 6.61 Å². The second-order valence-electron chi connectivity index (χ2n) is 7.33. The summed E-state index contributed by atoms with van der Waals surface area (Å²) in [6.07, 6.45) is 1.69. The molecule has 0 radical (unpaired) electrons. The Morgan fingerprint density at radius 1 is 1.00 bits per heavy atom. The number of pyridine rings is 1. The first-order valence-electron chi connectivity index (χ1n) is 9.94. The molecule has 0 unspecified atom stereocenters. The minimum Gasteiger partial charge on any atom is -0.487 e. The van der Waals surface area contributed by atoms with Crippen LogP contribution in [0.4, 0.5) is 16.2 Å². The fourth-order valence-corrected chi connectivity index (χ4v) is 3.32. The fraction of sp³-hybridized carbons (Fsp3) is 0.125. The monoisotopic (exact) mass is 448 g/mol. The third-order valence-electron chi connectivity index (χ3n) is 4.86. The predicted molar refractivity (Wildman–Crippen MR) is 126 cm³/mol. The smallest absolute Gasteiger partial charge is 0.323 e. The van der Waals surface area contributed by atoms with E-state index in [9.17, 15) is 9.59 Å². The Hall–Kier alpha value is -3.84. The van der Waals surface area contributed by atoms with Crippen LogP contribution < -0.4 is 20.9 Å². The summed E-state index contributed by atoms with van der Waals surface area (Å²) in [6, 6.07) is 17.0. The number of aryl methyl sites for hydroxylation is 2. The third kappa shape index (κ3) is 4.90. The lowest BCUT2D eigenvalue weighted by Gasteiger charge is -2.13. The van der Waals surface area contributed by atoms with Gasteiger partial charge in [0.2, 0.25) is 0 Å². The van der Waals surface area contributed by atoms with Crippen LogP contribution in [0.5, 0.6) is 5.75 Å². The number of nitrogens with one attached hydrogen (secondary N) is 2. The predicted octanol–water partition coefficient (Wildman–Crippen LogP) is 5.19. The van der Waals surface area contributed by atoms with Gasteiger partial charge in [-0.25, -0.2) is 9.78 Å². The number of amides is 2. The molecule has 8 heteroatoms. The second-order valence-corrected chi connectivity index (χ2v) is 7.76. The highest BCUT2D eigenvalue weighted by molar-refractivity contribution is 6.30. The highest BCUT2D eigenvalue weighted by atomic mass is 35.5. The first-order valence-corrected chi connectivity index (χ1v) is 10.3. The Labute approximate surface area is 189 Å². The average Bonchev–Trinajstić information content (AvgIpc) is 2.76. The summed E-state index contributed by atoms with van der Waals surface area (Å²) < 4.78 is 7.43. The van der Waals surface area contributed by atoms with E-state index < -0.39 is 0 Å². The first kappa shape index (κ1) is 21.4. The van der Waals surface area contributed by atoms with Gasteiger partial charge in [-0.15, -0.1) is 0 Å². The number of ether oxygens (including phenoxy) is 1. The van der Waals surface area contributed by atoms with Crippen LogP contribution >= 0.6 is 11.6 Å². The van der Waals surface area contributed by atoms with Crippen molar-refractivity contribution in [1.29, 1.82) is 0 Å². The van der Waals surface area contributed by atoms with Gasteiger partial charge in [-0.1, -0.05) is 23.7 Å². The number of anilines is 2. The van der Waals surface area contributed by atoms with Gasteiger partial charge in [0.1, 0.15) is 18.0 Å². The SMILES string of the molecule is Cc1ccc(NC(=O)Nc2ccc(Cl)cc2)cc1OCc1cc(=O)n2cccc(C)c2n1. The maximum Gasteiger partial charge on any atom is 0.323 e. The topological polar surface area (TPSA) is 84.7 Å². The van der Waals surface area contributed by atoms with Crippen LogP contribution in [0.2, 0.25) is 5.02 Å². The van der Waals surface area contributed by atoms with Crippen molar-refractivity contribution in [2.45, 2.75) is 20.5 Å². The molecule has 0 saturated carbocycles. The van der Waals surface area contributed by atoms with Crippen LogP contribution in [0.3, 0.4) is 0 Å². The fourth-order valence-electron chi connectivity index (χ4n) is 3.19. The number of benzene rings is 2. The lowest BCUT2D eigenvalue weighted by Crippen LogP contribution is -2.19. The molecule has 32 heavy (non-hydrogen) atoms. The van der Waals surface area contributed by atoms with E-state index in [0.717, 1.165) is 11.1 Å². The molecular formula is C24H21ClN4O3. The maximum atomic E-state index is 12.4. The maximum absolute atomic E-state index is 12.4. The number of aromatic nitrogens is 2. The molecule has 4 rings (SSSR count). The zero-order chi connectivity index (χ0) is 22.7. The third-order valence-corrected chi connectivity index (χ3v) is 5.11. The Bertz CT molecular complexity index is 1350. The molecule has 2 N–H and O–H groups in total. The summed E-state index contributed by atoms with van der Waals surface area (Å²) in [5.74, 6) is 0.584. The van der Waals surface area contributed by atoms with E-state index in [1.807, 2.05) is 32.0 Å². The van der Waals surface area contributed by atoms with Gasteiger partial charge in [0.05, 0.1) is 5.69 Å². The van der Waals surface area contributed by atoms with Crippen molar-refractivity contribution in [1.82, 2.24) is 9.38 Å².